The van der Waals surface area contributed by atoms with Gasteiger partial charge >= 0.3 is 5.97 Å². The molecule has 2 bridgehead atoms. The summed E-state index contributed by atoms with van der Waals surface area (Å²) in [6.45, 7) is 5.31. The Morgan fingerprint density at radius 2 is 1.97 bits per heavy atom. The molecule has 5 rings (SSSR count). The molecule has 34 heavy (non-hydrogen) atoms. The van der Waals surface area contributed by atoms with E-state index in [-0.39, 0.29) is 25.6 Å². The van der Waals surface area contributed by atoms with E-state index in [1.54, 1.807) is 17.9 Å². The van der Waals surface area contributed by atoms with Gasteiger partial charge in [0.1, 0.15) is 11.6 Å². The minimum absolute atomic E-state index is 0.0699. The SMILES string of the molecule is C=CCN(C(=O)C1N(CCO)C(=O)[C@@H]2[C@H](C(=O)O)[C@]3(C)CCC12O3)c1ccc2ccccc2c1. The molecule has 2 amide bonds. The first-order chi connectivity index (χ1) is 16.3. The molecule has 3 aliphatic heterocycles. The van der Waals surface area contributed by atoms with Crippen molar-refractivity contribution in [2.24, 2.45) is 11.8 Å². The third kappa shape index (κ3) is 3.02. The van der Waals surface area contributed by atoms with Gasteiger partial charge in [0.05, 0.1) is 24.0 Å². The molecular formula is C26H28N2O6. The zero-order valence-corrected chi connectivity index (χ0v) is 19.0. The van der Waals surface area contributed by atoms with Gasteiger partial charge in [-0.05, 0) is 42.7 Å². The quantitative estimate of drug-likeness (QED) is 0.609. The molecule has 8 heteroatoms. The van der Waals surface area contributed by atoms with Crippen LogP contribution in [0.4, 0.5) is 5.69 Å². The molecule has 2 unspecified atom stereocenters. The molecule has 8 nitrogen and oxygen atoms in total. The molecule has 0 aromatic heterocycles. The molecule has 5 atom stereocenters. The number of likely N-dealkylation sites (tertiary alicyclic amines) is 1. The molecule has 3 saturated heterocycles. The summed E-state index contributed by atoms with van der Waals surface area (Å²) in [6, 6.07) is 12.5. The van der Waals surface area contributed by atoms with E-state index in [9.17, 15) is 24.6 Å². The van der Waals surface area contributed by atoms with Gasteiger partial charge in [-0.1, -0.05) is 36.4 Å². The number of hydrogen-bond acceptors (Lipinski definition) is 5. The lowest BCUT2D eigenvalue weighted by Gasteiger charge is -2.36. The lowest BCUT2D eigenvalue weighted by Crippen LogP contribution is -2.56. The van der Waals surface area contributed by atoms with Crippen molar-refractivity contribution < 1.29 is 29.3 Å². The van der Waals surface area contributed by atoms with Gasteiger partial charge in [-0.3, -0.25) is 14.4 Å². The molecule has 1 spiro atoms. The van der Waals surface area contributed by atoms with Crippen LogP contribution >= 0.6 is 0 Å². The first-order valence-electron chi connectivity index (χ1n) is 11.5. The Balaban J connectivity index is 1.60. The number of carbonyl (C=O) groups excluding carboxylic acids is 2. The predicted molar refractivity (Wildman–Crippen MR) is 125 cm³/mol. The van der Waals surface area contributed by atoms with E-state index in [2.05, 4.69) is 6.58 Å². The maximum absolute atomic E-state index is 14.2. The van der Waals surface area contributed by atoms with Crippen LogP contribution in [0.2, 0.25) is 0 Å². The average molecular weight is 465 g/mol. The first-order valence-corrected chi connectivity index (χ1v) is 11.5. The minimum atomic E-state index is -1.24. The average Bonchev–Trinajstić information content (AvgIpc) is 3.38. The topological polar surface area (TPSA) is 107 Å². The maximum Gasteiger partial charge on any atom is 0.310 e. The smallest absolute Gasteiger partial charge is 0.310 e. The highest BCUT2D eigenvalue weighted by atomic mass is 16.5. The van der Waals surface area contributed by atoms with Gasteiger partial charge in [-0.2, -0.15) is 0 Å². The second kappa shape index (κ2) is 7.92. The Hall–Kier alpha value is -3.23. The van der Waals surface area contributed by atoms with Gasteiger partial charge < -0.3 is 24.7 Å². The number of carboxylic acid groups (broad SMARTS) is 1. The molecule has 178 valence electrons. The number of fused-ring (bicyclic) bond motifs is 2. The summed E-state index contributed by atoms with van der Waals surface area (Å²) in [7, 11) is 0. The van der Waals surface area contributed by atoms with Gasteiger partial charge in [0, 0.05) is 18.8 Å². The monoisotopic (exact) mass is 464 g/mol. The number of aliphatic hydroxyl groups excluding tert-OH is 1. The molecule has 2 N–H and O–H groups in total. The molecule has 0 saturated carbocycles. The fraction of sp³-hybridized carbons (Fsp3) is 0.423. The number of hydrogen-bond donors (Lipinski definition) is 2. The van der Waals surface area contributed by atoms with E-state index in [1.807, 2.05) is 42.5 Å². The van der Waals surface area contributed by atoms with Crippen LogP contribution in [-0.4, -0.2) is 69.8 Å². The van der Waals surface area contributed by atoms with Crippen molar-refractivity contribution in [2.45, 2.75) is 37.0 Å². The lowest BCUT2D eigenvalue weighted by molar-refractivity contribution is -0.154. The standard InChI is InChI=1S/C26H28N2O6/c1-3-12-27(18-9-8-16-6-4-5-7-17(16)15-18)23(31)21-26-11-10-25(2,34-26)20(24(32)33)19(26)22(30)28(21)13-14-29/h3-9,15,19-21,29H,1,10-14H2,2H3,(H,32,33)/t19-,20+,21?,25-,26?/m0/s1. The van der Waals surface area contributed by atoms with Crippen LogP contribution in [0.1, 0.15) is 19.8 Å². The summed E-state index contributed by atoms with van der Waals surface area (Å²) in [5.74, 6) is -3.92. The van der Waals surface area contributed by atoms with Crippen LogP contribution in [0, 0.1) is 11.8 Å². The van der Waals surface area contributed by atoms with Crippen LogP contribution < -0.4 is 4.90 Å². The van der Waals surface area contributed by atoms with Gasteiger partial charge in [0.15, 0.2) is 0 Å². The molecular weight excluding hydrogens is 436 g/mol. The number of rotatable bonds is 7. The Labute approximate surface area is 197 Å². The van der Waals surface area contributed by atoms with Crippen molar-refractivity contribution >= 4 is 34.2 Å². The van der Waals surface area contributed by atoms with E-state index in [4.69, 9.17) is 4.74 Å². The number of nitrogens with zero attached hydrogens (tertiary/aromatic N) is 2. The number of carboxylic acids is 1. The number of β-amino-alcohol motifs (C(OH)–C–C–N with tert-alkyl or cyclic N) is 1. The van der Waals surface area contributed by atoms with E-state index < -0.39 is 41.0 Å². The van der Waals surface area contributed by atoms with Crippen LogP contribution in [0.3, 0.4) is 0 Å². The predicted octanol–water partition coefficient (Wildman–Crippen LogP) is 2.20. The number of aliphatic hydroxyl groups is 1. The Bertz CT molecular complexity index is 1200. The van der Waals surface area contributed by atoms with Gasteiger partial charge in [-0.15, -0.1) is 6.58 Å². The van der Waals surface area contributed by atoms with Gasteiger partial charge in [0.25, 0.3) is 5.91 Å². The minimum Gasteiger partial charge on any atom is -0.481 e. The van der Waals surface area contributed by atoms with Crippen molar-refractivity contribution in [1.82, 2.24) is 4.90 Å². The Morgan fingerprint density at radius 1 is 1.24 bits per heavy atom. The second-order valence-corrected chi connectivity index (χ2v) is 9.59. The molecule has 0 aliphatic carbocycles. The number of anilines is 1. The highest BCUT2D eigenvalue weighted by molar-refractivity contribution is 6.05. The molecule has 3 aliphatic rings. The van der Waals surface area contributed by atoms with Crippen LogP contribution in [0.5, 0.6) is 0 Å². The Morgan fingerprint density at radius 3 is 2.65 bits per heavy atom. The summed E-state index contributed by atoms with van der Waals surface area (Å²) in [5, 5.41) is 21.6. The number of amides is 2. The van der Waals surface area contributed by atoms with Crippen LogP contribution in [-0.2, 0) is 19.1 Å². The van der Waals surface area contributed by atoms with E-state index in [0.29, 0.717) is 18.5 Å². The maximum atomic E-state index is 14.2. The molecule has 3 fully saturated rings. The number of benzene rings is 2. The third-order valence-corrected chi connectivity index (χ3v) is 7.74. The second-order valence-electron chi connectivity index (χ2n) is 9.59. The zero-order valence-electron chi connectivity index (χ0n) is 19.0. The molecule has 2 aromatic rings. The van der Waals surface area contributed by atoms with Crippen LogP contribution in [0.15, 0.2) is 55.1 Å². The summed E-state index contributed by atoms with van der Waals surface area (Å²) < 4.78 is 6.36. The summed E-state index contributed by atoms with van der Waals surface area (Å²) >= 11 is 0. The van der Waals surface area contributed by atoms with Crippen molar-refractivity contribution in [3.63, 3.8) is 0 Å². The lowest BCUT2D eigenvalue weighted by atomic mass is 9.66. The molecule has 3 heterocycles. The van der Waals surface area contributed by atoms with Crippen molar-refractivity contribution in [2.75, 3.05) is 24.6 Å². The van der Waals surface area contributed by atoms with Gasteiger partial charge in [0.2, 0.25) is 5.91 Å². The van der Waals surface area contributed by atoms with Gasteiger partial charge in [-0.25, -0.2) is 0 Å². The molecule has 0 radical (unpaired) electrons. The Kier molecular flexibility index (Phi) is 5.26. The van der Waals surface area contributed by atoms with E-state index in [0.717, 1.165) is 10.8 Å². The zero-order chi connectivity index (χ0) is 24.3. The van der Waals surface area contributed by atoms with Crippen molar-refractivity contribution in [3.05, 3.63) is 55.1 Å². The van der Waals surface area contributed by atoms with Crippen molar-refractivity contribution in [3.8, 4) is 0 Å². The fourth-order valence-corrected chi connectivity index (χ4v) is 6.37. The normalized spacial score (nSPS) is 31.6. The molecule has 2 aromatic carbocycles. The number of aliphatic carboxylic acids is 1. The van der Waals surface area contributed by atoms with Crippen LogP contribution in [0.25, 0.3) is 10.8 Å². The summed E-state index contributed by atoms with van der Waals surface area (Å²) in [6.07, 6.45) is 2.47. The van der Waals surface area contributed by atoms with E-state index in [1.165, 1.54) is 4.90 Å². The largest absolute Gasteiger partial charge is 0.481 e. The fourth-order valence-electron chi connectivity index (χ4n) is 6.37. The number of carbonyl (C=O) groups is 3. The summed E-state index contributed by atoms with van der Waals surface area (Å²) in [4.78, 5) is 42.8. The summed E-state index contributed by atoms with van der Waals surface area (Å²) in [5.41, 5.74) is -1.60. The highest BCUT2D eigenvalue weighted by Crippen LogP contribution is 2.63. The van der Waals surface area contributed by atoms with Crippen molar-refractivity contribution in [1.29, 1.82) is 0 Å². The third-order valence-electron chi connectivity index (χ3n) is 7.74. The first kappa shape index (κ1) is 22.6. The van der Waals surface area contributed by atoms with E-state index >= 15 is 0 Å². The highest BCUT2D eigenvalue weighted by Gasteiger charge is 2.78. The number of ether oxygens (including phenoxy) is 1.